The van der Waals surface area contributed by atoms with Gasteiger partial charge in [0, 0.05) is 24.2 Å². The number of amides is 1. The molecule has 0 spiro atoms. The number of nitrogens with two attached hydrogens (primary N) is 1. The van der Waals surface area contributed by atoms with E-state index in [4.69, 9.17) is 17.3 Å². The monoisotopic (exact) mass is 310 g/mol. The van der Waals surface area contributed by atoms with E-state index in [1.165, 1.54) is 4.90 Å². The first kappa shape index (κ1) is 15.3. The van der Waals surface area contributed by atoms with Gasteiger partial charge in [0.2, 0.25) is 0 Å². The molecule has 2 rings (SSSR count). The van der Waals surface area contributed by atoms with Crippen molar-refractivity contribution in [3.63, 3.8) is 0 Å². The molecule has 0 radical (unpaired) electrons. The SMILES string of the molecule is CN(Cc1ccc(Cl)cc1)C(=O)c1cc(F)c(N)c(F)c1. The number of nitrogen functional groups attached to an aromatic ring is 1. The molecule has 0 heterocycles. The smallest absolute Gasteiger partial charge is 0.254 e. The molecule has 0 aliphatic carbocycles. The maximum Gasteiger partial charge on any atom is 0.254 e. The first-order valence-electron chi connectivity index (χ1n) is 6.13. The second-order valence-corrected chi connectivity index (χ2v) is 5.08. The van der Waals surface area contributed by atoms with Crippen LogP contribution in [0.15, 0.2) is 36.4 Å². The fourth-order valence-corrected chi connectivity index (χ4v) is 1.99. The molecule has 0 aliphatic heterocycles. The van der Waals surface area contributed by atoms with Crippen molar-refractivity contribution in [1.29, 1.82) is 0 Å². The molecular formula is C15H13ClF2N2O. The zero-order valence-corrected chi connectivity index (χ0v) is 12.0. The summed E-state index contributed by atoms with van der Waals surface area (Å²) in [6, 6.07) is 8.82. The van der Waals surface area contributed by atoms with Gasteiger partial charge in [-0.05, 0) is 29.8 Å². The van der Waals surface area contributed by atoms with Gasteiger partial charge in [-0.2, -0.15) is 0 Å². The second-order valence-electron chi connectivity index (χ2n) is 4.64. The molecule has 0 unspecified atom stereocenters. The van der Waals surface area contributed by atoms with Gasteiger partial charge in [0.1, 0.15) is 17.3 Å². The highest BCUT2D eigenvalue weighted by atomic mass is 35.5. The molecule has 1 amide bonds. The molecule has 0 bridgehead atoms. The lowest BCUT2D eigenvalue weighted by atomic mass is 10.1. The summed E-state index contributed by atoms with van der Waals surface area (Å²) in [7, 11) is 1.54. The number of anilines is 1. The summed E-state index contributed by atoms with van der Waals surface area (Å²) in [5.74, 6) is -2.39. The predicted octanol–water partition coefficient (Wildman–Crippen LogP) is 3.47. The molecule has 110 valence electrons. The van der Waals surface area contributed by atoms with E-state index in [2.05, 4.69) is 0 Å². The van der Waals surface area contributed by atoms with Gasteiger partial charge in [0.05, 0.1) is 0 Å². The summed E-state index contributed by atoms with van der Waals surface area (Å²) in [5.41, 5.74) is 5.35. The summed E-state index contributed by atoms with van der Waals surface area (Å²) < 4.78 is 26.8. The van der Waals surface area contributed by atoms with Crippen LogP contribution in [0.2, 0.25) is 5.02 Å². The molecule has 2 aromatic rings. The van der Waals surface area contributed by atoms with Crippen molar-refractivity contribution in [3.05, 3.63) is 64.2 Å². The molecule has 2 aromatic carbocycles. The van der Waals surface area contributed by atoms with Crippen molar-refractivity contribution in [2.45, 2.75) is 6.54 Å². The van der Waals surface area contributed by atoms with E-state index in [9.17, 15) is 13.6 Å². The van der Waals surface area contributed by atoms with E-state index in [0.717, 1.165) is 17.7 Å². The fraction of sp³-hybridized carbons (Fsp3) is 0.133. The Hall–Kier alpha value is -2.14. The van der Waals surface area contributed by atoms with Crippen molar-refractivity contribution in [2.75, 3.05) is 12.8 Å². The van der Waals surface area contributed by atoms with E-state index in [0.29, 0.717) is 11.6 Å². The zero-order chi connectivity index (χ0) is 15.6. The Morgan fingerprint density at radius 3 is 2.24 bits per heavy atom. The first-order valence-corrected chi connectivity index (χ1v) is 6.50. The van der Waals surface area contributed by atoms with E-state index in [1.807, 2.05) is 0 Å². The molecular weight excluding hydrogens is 298 g/mol. The van der Waals surface area contributed by atoms with Crippen molar-refractivity contribution >= 4 is 23.2 Å². The molecule has 2 N–H and O–H groups in total. The van der Waals surface area contributed by atoms with E-state index in [1.54, 1.807) is 31.3 Å². The third kappa shape index (κ3) is 3.49. The maximum absolute atomic E-state index is 13.4. The maximum atomic E-state index is 13.4. The lowest BCUT2D eigenvalue weighted by molar-refractivity contribution is 0.0784. The normalized spacial score (nSPS) is 10.5. The highest BCUT2D eigenvalue weighted by Crippen LogP contribution is 2.19. The first-order chi connectivity index (χ1) is 9.88. The molecule has 3 nitrogen and oxygen atoms in total. The minimum Gasteiger partial charge on any atom is -0.394 e. The number of carbonyl (C=O) groups excluding carboxylic acids is 1. The van der Waals surface area contributed by atoms with Gasteiger partial charge in [0.15, 0.2) is 0 Å². The largest absolute Gasteiger partial charge is 0.394 e. The van der Waals surface area contributed by atoms with Gasteiger partial charge in [-0.15, -0.1) is 0 Å². The second kappa shape index (κ2) is 6.10. The van der Waals surface area contributed by atoms with Crippen LogP contribution in [0.25, 0.3) is 0 Å². The Morgan fingerprint density at radius 2 is 1.71 bits per heavy atom. The van der Waals surface area contributed by atoms with E-state index in [-0.39, 0.29) is 5.56 Å². The van der Waals surface area contributed by atoms with Crippen LogP contribution in [-0.2, 0) is 6.54 Å². The summed E-state index contributed by atoms with van der Waals surface area (Å²) in [6.45, 7) is 0.295. The fourth-order valence-electron chi connectivity index (χ4n) is 1.86. The quantitative estimate of drug-likeness (QED) is 0.882. The Kier molecular flexibility index (Phi) is 4.43. The van der Waals surface area contributed by atoms with Gasteiger partial charge < -0.3 is 10.6 Å². The van der Waals surface area contributed by atoms with Crippen LogP contribution in [0.3, 0.4) is 0 Å². The Balaban J connectivity index is 2.17. The van der Waals surface area contributed by atoms with Crippen LogP contribution in [0.5, 0.6) is 0 Å². The highest BCUT2D eigenvalue weighted by Gasteiger charge is 2.16. The van der Waals surface area contributed by atoms with Gasteiger partial charge in [-0.1, -0.05) is 23.7 Å². The van der Waals surface area contributed by atoms with Crippen LogP contribution in [0.4, 0.5) is 14.5 Å². The number of rotatable bonds is 3. The van der Waals surface area contributed by atoms with Crippen LogP contribution in [0, 0.1) is 11.6 Å². The van der Waals surface area contributed by atoms with Crippen LogP contribution >= 0.6 is 11.6 Å². The lowest BCUT2D eigenvalue weighted by Gasteiger charge is -2.17. The Morgan fingerprint density at radius 1 is 1.19 bits per heavy atom. The van der Waals surface area contributed by atoms with Gasteiger partial charge in [0.25, 0.3) is 5.91 Å². The van der Waals surface area contributed by atoms with E-state index >= 15 is 0 Å². The number of hydrogen-bond acceptors (Lipinski definition) is 2. The van der Waals surface area contributed by atoms with E-state index < -0.39 is 23.2 Å². The van der Waals surface area contributed by atoms with Gasteiger partial charge in [-0.25, -0.2) is 8.78 Å². The molecule has 6 heteroatoms. The molecule has 0 atom stereocenters. The van der Waals surface area contributed by atoms with Gasteiger partial charge >= 0.3 is 0 Å². The number of carbonyl (C=O) groups is 1. The van der Waals surface area contributed by atoms with Crippen LogP contribution in [0.1, 0.15) is 15.9 Å². The average molecular weight is 311 g/mol. The number of halogens is 3. The van der Waals surface area contributed by atoms with Crippen molar-refractivity contribution in [3.8, 4) is 0 Å². The molecule has 0 aliphatic rings. The summed E-state index contributed by atoms with van der Waals surface area (Å²) in [4.78, 5) is 13.5. The topological polar surface area (TPSA) is 46.3 Å². The molecule has 0 saturated carbocycles. The third-order valence-electron chi connectivity index (χ3n) is 3.01. The average Bonchev–Trinajstić information content (AvgIpc) is 2.45. The Labute approximate surface area is 125 Å². The highest BCUT2D eigenvalue weighted by molar-refractivity contribution is 6.30. The number of hydrogen-bond donors (Lipinski definition) is 1. The van der Waals surface area contributed by atoms with Gasteiger partial charge in [-0.3, -0.25) is 4.79 Å². The van der Waals surface area contributed by atoms with Crippen molar-refractivity contribution in [1.82, 2.24) is 4.90 Å². The van der Waals surface area contributed by atoms with Crippen LogP contribution < -0.4 is 5.73 Å². The van der Waals surface area contributed by atoms with Crippen molar-refractivity contribution < 1.29 is 13.6 Å². The number of nitrogens with zero attached hydrogens (tertiary/aromatic N) is 1. The molecule has 0 aromatic heterocycles. The zero-order valence-electron chi connectivity index (χ0n) is 11.2. The minimum atomic E-state index is -0.946. The molecule has 21 heavy (non-hydrogen) atoms. The standard InChI is InChI=1S/C15H13ClF2N2O/c1-20(8-9-2-4-11(16)5-3-9)15(21)10-6-12(17)14(19)13(18)7-10/h2-7H,8,19H2,1H3. The summed E-state index contributed by atoms with van der Waals surface area (Å²) in [6.07, 6.45) is 0. The minimum absolute atomic E-state index is 0.0873. The summed E-state index contributed by atoms with van der Waals surface area (Å²) in [5, 5.41) is 0.593. The van der Waals surface area contributed by atoms with Crippen LogP contribution in [-0.4, -0.2) is 17.9 Å². The predicted molar refractivity (Wildman–Crippen MR) is 78.0 cm³/mol. The molecule has 0 fully saturated rings. The third-order valence-corrected chi connectivity index (χ3v) is 3.26. The Bertz CT molecular complexity index is 651. The lowest BCUT2D eigenvalue weighted by Crippen LogP contribution is -2.26. The summed E-state index contributed by atoms with van der Waals surface area (Å²) >= 11 is 5.78. The van der Waals surface area contributed by atoms with Crippen molar-refractivity contribution in [2.24, 2.45) is 0 Å². The number of benzene rings is 2. The molecule has 0 saturated heterocycles.